The van der Waals surface area contributed by atoms with E-state index < -0.39 is 28.4 Å². The molecule has 2 aliphatic rings. The molecule has 1 aromatic rings. The maximum absolute atomic E-state index is 13.0. The highest BCUT2D eigenvalue weighted by Gasteiger charge is 2.61. The fourth-order valence-electron chi connectivity index (χ4n) is 3.13. The summed E-state index contributed by atoms with van der Waals surface area (Å²) in [5.74, 6) is -1.87. The van der Waals surface area contributed by atoms with Crippen LogP contribution in [0.5, 0.6) is 0 Å². The van der Waals surface area contributed by atoms with Gasteiger partial charge in [0.05, 0.1) is 31.4 Å². The van der Waals surface area contributed by atoms with E-state index in [1.54, 1.807) is 11.8 Å². The Balaban J connectivity index is 1.76. The molecule has 0 unspecified atom stereocenters. The molecule has 2 saturated heterocycles. The van der Waals surface area contributed by atoms with Crippen molar-refractivity contribution in [3.63, 3.8) is 0 Å². The molecule has 162 valence electrons. The molecular weight excluding hydrogens is 398 g/mol. The second kappa shape index (κ2) is 9.18. The van der Waals surface area contributed by atoms with E-state index in [9.17, 15) is 24.5 Å². The third-order valence-electron chi connectivity index (χ3n) is 4.92. The van der Waals surface area contributed by atoms with Crippen molar-refractivity contribution in [2.45, 2.75) is 25.0 Å². The summed E-state index contributed by atoms with van der Waals surface area (Å²) in [7, 11) is 0. The van der Waals surface area contributed by atoms with Gasteiger partial charge in [-0.05, 0) is 12.5 Å². The Kier molecular flexibility index (Phi) is 6.63. The van der Waals surface area contributed by atoms with E-state index in [-0.39, 0.29) is 31.2 Å². The van der Waals surface area contributed by atoms with Gasteiger partial charge in [0.2, 0.25) is 5.91 Å². The van der Waals surface area contributed by atoms with E-state index in [2.05, 4.69) is 5.32 Å². The number of rotatable bonds is 8. The summed E-state index contributed by atoms with van der Waals surface area (Å²) in [4.78, 5) is 49.8. The first kappa shape index (κ1) is 21.7. The Labute approximate surface area is 172 Å². The number of morpholine rings is 1. The minimum absolute atomic E-state index is 0.0773. The average Bonchev–Trinajstić information content (AvgIpc) is 3.56. The van der Waals surface area contributed by atoms with Gasteiger partial charge in [-0.25, -0.2) is 4.79 Å². The van der Waals surface area contributed by atoms with Crippen LogP contribution in [0.15, 0.2) is 24.3 Å². The highest BCUT2D eigenvalue weighted by Crippen LogP contribution is 2.29. The second-order valence-electron chi connectivity index (χ2n) is 6.93. The van der Waals surface area contributed by atoms with Crippen molar-refractivity contribution in [1.29, 1.82) is 0 Å². The number of esters is 1. The molecular formula is C19H23N3O8. The lowest BCUT2D eigenvalue weighted by atomic mass is 10.0. The van der Waals surface area contributed by atoms with Gasteiger partial charge in [0.25, 0.3) is 17.2 Å². The number of non-ortho nitro benzene ring substituents is 1. The molecule has 11 heteroatoms. The van der Waals surface area contributed by atoms with Gasteiger partial charge < -0.3 is 24.4 Å². The van der Waals surface area contributed by atoms with Gasteiger partial charge >= 0.3 is 5.97 Å². The molecule has 0 aromatic heterocycles. The highest BCUT2D eigenvalue weighted by molar-refractivity contribution is 6.10. The van der Waals surface area contributed by atoms with E-state index in [1.807, 2.05) is 0 Å². The number of nitrogens with zero attached hydrogens (tertiary/aromatic N) is 2. The van der Waals surface area contributed by atoms with Gasteiger partial charge in [0.15, 0.2) is 0 Å². The first-order chi connectivity index (χ1) is 14.4. The zero-order valence-electron chi connectivity index (χ0n) is 16.5. The summed E-state index contributed by atoms with van der Waals surface area (Å²) in [5.41, 5.74) is -1.18. The maximum Gasteiger partial charge on any atom is 0.350 e. The van der Waals surface area contributed by atoms with Crippen molar-refractivity contribution in [1.82, 2.24) is 10.2 Å². The Morgan fingerprint density at radius 3 is 2.43 bits per heavy atom. The van der Waals surface area contributed by atoms with E-state index in [4.69, 9.17) is 14.2 Å². The zero-order valence-corrected chi connectivity index (χ0v) is 16.5. The van der Waals surface area contributed by atoms with Crippen LogP contribution < -0.4 is 5.32 Å². The largest absolute Gasteiger partial charge is 0.463 e. The molecule has 2 amide bonds. The Hall–Kier alpha value is -3.05. The summed E-state index contributed by atoms with van der Waals surface area (Å²) < 4.78 is 15.2. The number of carbonyl (C=O) groups excluding carboxylic acids is 3. The molecule has 2 heterocycles. The number of carbonyl (C=O) groups is 3. The SMILES string of the molecule is CCOC(=O)[C@@]1(C(=O)N[C@@H](Cc2ccc([N+](=O)[O-])cc2)C(=O)N2CCOCC2)CO1. The lowest BCUT2D eigenvalue weighted by Crippen LogP contribution is -2.56. The molecule has 1 N–H and O–H groups in total. The van der Waals surface area contributed by atoms with Gasteiger partial charge in [0.1, 0.15) is 6.04 Å². The van der Waals surface area contributed by atoms with Gasteiger partial charge in [-0.3, -0.25) is 19.7 Å². The molecule has 11 nitrogen and oxygen atoms in total. The number of hydrogen-bond donors (Lipinski definition) is 1. The number of nitro groups is 1. The first-order valence-electron chi connectivity index (χ1n) is 9.59. The van der Waals surface area contributed by atoms with Gasteiger partial charge in [-0.15, -0.1) is 0 Å². The van der Waals surface area contributed by atoms with Gasteiger partial charge in [-0.2, -0.15) is 0 Å². The van der Waals surface area contributed by atoms with E-state index >= 15 is 0 Å². The van der Waals surface area contributed by atoms with E-state index in [1.165, 1.54) is 24.3 Å². The van der Waals surface area contributed by atoms with E-state index in [0.717, 1.165) is 0 Å². The number of nitrogens with one attached hydrogen (secondary N) is 1. The molecule has 0 radical (unpaired) electrons. The maximum atomic E-state index is 13.0. The lowest BCUT2D eigenvalue weighted by Gasteiger charge is -2.31. The molecule has 2 aliphatic heterocycles. The van der Waals surface area contributed by atoms with Crippen molar-refractivity contribution in [2.24, 2.45) is 0 Å². The molecule has 2 fully saturated rings. The van der Waals surface area contributed by atoms with Crippen LogP contribution in [-0.2, 0) is 35.0 Å². The van der Waals surface area contributed by atoms with Crippen LogP contribution in [-0.4, -0.2) is 78.8 Å². The molecule has 3 rings (SSSR count). The monoisotopic (exact) mass is 421 g/mol. The minimum Gasteiger partial charge on any atom is -0.463 e. The molecule has 0 saturated carbocycles. The standard InChI is InChI=1S/C19H23N3O8/c1-2-29-18(25)19(12-30-19)17(24)20-15(16(23)21-7-9-28-10-8-21)11-13-3-5-14(6-4-13)22(26)27/h3-6,15H,2,7-12H2,1H3,(H,20,24)/t15-,19-/m0/s1. The van der Waals surface area contributed by atoms with Crippen LogP contribution in [0.4, 0.5) is 5.69 Å². The third kappa shape index (κ3) is 4.74. The second-order valence-corrected chi connectivity index (χ2v) is 6.93. The molecule has 1 aromatic carbocycles. The van der Waals surface area contributed by atoms with Crippen LogP contribution in [0.25, 0.3) is 0 Å². The fourth-order valence-corrected chi connectivity index (χ4v) is 3.13. The predicted molar refractivity (Wildman–Crippen MR) is 101 cm³/mol. The summed E-state index contributed by atoms with van der Waals surface area (Å²) in [6.07, 6.45) is 0.0961. The van der Waals surface area contributed by atoms with Crippen LogP contribution in [0.1, 0.15) is 12.5 Å². The van der Waals surface area contributed by atoms with Crippen LogP contribution >= 0.6 is 0 Å². The van der Waals surface area contributed by atoms with Crippen molar-refractivity contribution in [3.05, 3.63) is 39.9 Å². The summed E-state index contributed by atoms with van der Waals surface area (Å²) in [6.45, 7) is 3.13. The third-order valence-corrected chi connectivity index (χ3v) is 4.92. The summed E-state index contributed by atoms with van der Waals surface area (Å²) in [6, 6.07) is 4.74. The molecule has 0 spiro atoms. The van der Waals surface area contributed by atoms with Gasteiger partial charge in [0, 0.05) is 31.6 Å². The lowest BCUT2D eigenvalue weighted by molar-refractivity contribution is -0.384. The minimum atomic E-state index is -1.73. The molecule has 0 bridgehead atoms. The Morgan fingerprint density at radius 1 is 1.27 bits per heavy atom. The molecule has 2 atom stereocenters. The number of benzene rings is 1. The number of amides is 2. The van der Waals surface area contributed by atoms with Crippen LogP contribution in [0.3, 0.4) is 0 Å². The Morgan fingerprint density at radius 2 is 1.90 bits per heavy atom. The topological polar surface area (TPSA) is 141 Å². The Bertz CT molecular complexity index is 816. The molecule has 0 aliphatic carbocycles. The quantitative estimate of drug-likeness (QED) is 0.200. The number of hydrogen-bond acceptors (Lipinski definition) is 8. The van der Waals surface area contributed by atoms with Crippen molar-refractivity contribution >= 4 is 23.5 Å². The van der Waals surface area contributed by atoms with Crippen molar-refractivity contribution < 1.29 is 33.5 Å². The summed E-state index contributed by atoms with van der Waals surface area (Å²) >= 11 is 0. The summed E-state index contributed by atoms with van der Waals surface area (Å²) in [5, 5.41) is 13.5. The van der Waals surface area contributed by atoms with Crippen molar-refractivity contribution in [2.75, 3.05) is 39.5 Å². The molecule has 30 heavy (non-hydrogen) atoms. The number of epoxide rings is 1. The van der Waals surface area contributed by atoms with Crippen molar-refractivity contribution in [3.8, 4) is 0 Å². The van der Waals surface area contributed by atoms with Crippen LogP contribution in [0, 0.1) is 10.1 Å². The van der Waals surface area contributed by atoms with E-state index in [0.29, 0.717) is 31.9 Å². The first-order valence-corrected chi connectivity index (χ1v) is 9.59. The smallest absolute Gasteiger partial charge is 0.350 e. The normalized spacial score (nSPS) is 21.4. The number of ether oxygens (including phenoxy) is 3. The highest BCUT2D eigenvalue weighted by atomic mass is 16.6. The fraction of sp³-hybridized carbons (Fsp3) is 0.526. The predicted octanol–water partition coefficient (Wildman–Crippen LogP) is -0.187. The average molecular weight is 421 g/mol. The van der Waals surface area contributed by atoms with Gasteiger partial charge in [-0.1, -0.05) is 12.1 Å². The number of nitro benzene ring substituents is 1. The zero-order chi connectivity index (χ0) is 21.7. The van der Waals surface area contributed by atoms with Crippen LogP contribution in [0.2, 0.25) is 0 Å².